The Morgan fingerprint density at radius 1 is 0.949 bits per heavy atom. The summed E-state index contributed by atoms with van der Waals surface area (Å²) in [5.74, 6) is 0.643. The van der Waals surface area contributed by atoms with Gasteiger partial charge in [0.25, 0.3) is 0 Å². The van der Waals surface area contributed by atoms with Crippen LogP contribution in [0, 0.1) is 16.2 Å². The Hall–Kier alpha value is -2.37. The summed E-state index contributed by atoms with van der Waals surface area (Å²) in [6, 6.07) is 17.1. The van der Waals surface area contributed by atoms with Crippen LogP contribution in [0.5, 0.6) is 5.75 Å². The number of aliphatic hydroxyl groups is 1. The van der Waals surface area contributed by atoms with Crippen molar-refractivity contribution < 1.29 is 19.4 Å². The monoisotopic (exact) mass is 552 g/mol. The van der Waals surface area contributed by atoms with Crippen LogP contribution in [0.25, 0.3) is 20.5 Å². The lowest BCUT2D eigenvalue weighted by atomic mass is 9.61. The summed E-state index contributed by atoms with van der Waals surface area (Å²) in [5, 5.41) is 11.7. The van der Waals surface area contributed by atoms with Crippen molar-refractivity contribution in [2.24, 2.45) is 16.2 Å². The highest BCUT2D eigenvalue weighted by Crippen LogP contribution is 2.47. The van der Waals surface area contributed by atoms with Crippen LogP contribution in [0.1, 0.15) is 86.6 Å². The van der Waals surface area contributed by atoms with E-state index in [9.17, 15) is 9.90 Å². The molecule has 214 valence electrons. The van der Waals surface area contributed by atoms with E-state index in [0.29, 0.717) is 13.0 Å². The molecule has 2 atom stereocenters. The highest BCUT2D eigenvalue weighted by Gasteiger charge is 2.47. The molecule has 0 aliphatic rings. The van der Waals surface area contributed by atoms with Crippen molar-refractivity contribution in [3.8, 4) is 16.2 Å². The second-order valence-corrected chi connectivity index (χ2v) is 14.4. The third-order valence-corrected chi connectivity index (χ3v) is 8.88. The Morgan fingerprint density at radius 2 is 1.64 bits per heavy atom. The Kier molecular flexibility index (Phi) is 10.3. The van der Waals surface area contributed by atoms with Crippen LogP contribution in [-0.4, -0.2) is 30.4 Å². The van der Waals surface area contributed by atoms with Crippen molar-refractivity contribution in [3.63, 3.8) is 0 Å². The number of unbranched alkanes of at least 4 members (excludes halogenated alkanes) is 1. The van der Waals surface area contributed by atoms with Gasteiger partial charge in [-0.25, -0.2) is 0 Å². The third-order valence-electron chi connectivity index (χ3n) is 7.74. The molecule has 2 aromatic carbocycles. The molecule has 0 aliphatic heterocycles. The van der Waals surface area contributed by atoms with Crippen LogP contribution < -0.4 is 4.74 Å². The molecule has 1 N–H and O–H groups in total. The third kappa shape index (κ3) is 8.56. The highest BCUT2D eigenvalue weighted by atomic mass is 32.1. The van der Waals surface area contributed by atoms with Gasteiger partial charge in [0, 0.05) is 9.58 Å². The maximum atomic E-state index is 13.1. The number of esters is 1. The van der Waals surface area contributed by atoms with E-state index in [1.807, 2.05) is 13.0 Å². The standard InChI is InChI=1S/C34H48O4S/c1-9-24-13-15-25(16-14-24)29-20-26-17-18-28(21-30(26)39-29)38-22-27(35)12-10-11-19-37-31(36)34(8,33(5,6)7)23-32(2,3)4/h13-18,20-21,27,35H,9-12,19,22-23H2,1-8H3. The van der Waals surface area contributed by atoms with Gasteiger partial charge in [0.05, 0.1) is 18.1 Å². The van der Waals surface area contributed by atoms with Gasteiger partial charge in [-0.15, -0.1) is 11.3 Å². The molecule has 1 heterocycles. The van der Waals surface area contributed by atoms with Crippen molar-refractivity contribution in [3.05, 3.63) is 54.1 Å². The summed E-state index contributed by atoms with van der Waals surface area (Å²) in [5.41, 5.74) is 1.85. The minimum absolute atomic E-state index is 0.0299. The lowest BCUT2D eigenvalue weighted by Gasteiger charge is -2.43. The minimum Gasteiger partial charge on any atom is -0.491 e. The molecular weight excluding hydrogens is 504 g/mol. The SMILES string of the molecule is CCc1ccc(-c2cc3ccc(OCC(O)CCCCOC(=O)C(C)(CC(C)(C)C)C(C)(C)C)cc3s2)cc1. The molecule has 1 aromatic heterocycles. The maximum absolute atomic E-state index is 13.1. The van der Waals surface area contributed by atoms with Gasteiger partial charge in [0.2, 0.25) is 0 Å². The van der Waals surface area contributed by atoms with Crippen LogP contribution in [0.4, 0.5) is 0 Å². The first-order chi connectivity index (χ1) is 18.2. The molecule has 3 rings (SSSR count). The van der Waals surface area contributed by atoms with Gasteiger partial charge in [0.15, 0.2) is 0 Å². The van der Waals surface area contributed by atoms with E-state index in [-0.39, 0.29) is 23.4 Å². The molecule has 0 radical (unpaired) electrons. The van der Waals surface area contributed by atoms with Crippen LogP contribution in [-0.2, 0) is 16.0 Å². The molecule has 0 amide bonds. The zero-order chi connectivity index (χ0) is 28.8. The number of thiophene rings is 1. The number of carbonyl (C=O) groups is 1. The quantitative estimate of drug-likeness (QED) is 0.180. The number of ether oxygens (including phenoxy) is 2. The summed E-state index contributed by atoms with van der Waals surface area (Å²) < 4.78 is 12.8. The maximum Gasteiger partial charge on any atom is 0.312 e. The van der Waals surface area contributed by atoms with Crippen LogP contribution in [0.2, 0.25) is 0 Å². The number of benzene rings is 2. The second kappa shape index (κ2) is 12.9. The molecule has 2 unspecified atom stereocenters. The van der Waals surface area contributed by atoms with E-state index in [2.05, 4.69) is 90.9 Å². The molecule has 4 nitrogen and oxygen atoms in total. The molecule has 0 aliphatic carbocycles. The first-order valence-corrected chi connectivity index (χ1v) is 15.1. The fraction of sp³-hybridized carbons (Fsp3) is 0.559. The Balaban J connectivity index is 1.44. The smallest absolute Gasteiger partial charge is 0.312 e. The van der Waals surface area contributed by atoms with Crippen molar-refractivity contribution in [2.45, 2.75) is 93.6 Å². The molecule has 3 aromatic rings. The fourth-order valence-corrected chi connectivity index (χ4v) is 6.03. The van der Waals surface area contributed by atoms with Crippen molar-refractivity contribution >= 4 is 27.4 Å². The summed E-state index contributed by atoms with van der Waals surface area (Å²) in [7, 11) is 0. The first kappa shape index (κ1) is 31.2. The van der Waals surface area contributed by atoms with Crippen LogP contribution in [0.3, 0.4) is 0 Å². The molecule has 39 heavy (non-hydrogen) atoms. The molecule has 5 heteroatoms. The normalized spacial score (nSPS) is 14.7. The van der Waals surface area contributed by atoms with Crippen molar-refractivity contribution in [2.75, 3.05) is 13.2 Å². The van der Waals surface area contributed by atoms with Gasteiger partial charge >= 0.3 is 5.97 Å². The summed E-state index contributed by atoms with van der Waals surface area (Å²) >= 11 is 1.76. The second-order valence-electron chi connectivity index (χ2n) is 13.3. The summed E-state index contributed by atoms with van der Waals surface area (Å²) in [4.78, 5) is 14.3. The molecule has 0 fully saturated rings. The van der Waals surface area contributed by atoms with E-state index in [1.165, 1.54) is 26.1 Å². The number of rotatable bonds is 12. The van der Waals surface area contributed by atoms with E-state index in [0.717, 1.165) is 31.4 Å². The highest BCUT2D eigenvalue weighted by molar-refractivity contribution is 7.22. The number of carbonyl (C=O) groups excluding carboxylic acids is 1. The van der Waals surface area contributed by atoms with E-state index in [4.69, 9.17) is 9.47 Å². The average Bonchev–Trinajstić information content (AvgIpc) is 3.29. The summed E-state index contributed by atoms with van der Waals surface area (Å²) in [6.45, 7) is 17.6. The van der Waals surface area contributed by atoms with Gasteiger partial charge in [-0.1, -0.05) is 72.7 Å². The number of aliphatic hydroxyl groups excluding tert-OH is 1. The minimum atomic E-state index is -0.562. The number of fused-ring (bicyclic) bond motifs is 1. The van der Waals surface area contributed by atoms with Crippen molar-refractivity contribution in [1.29, 1.82) is 0 Å². The number of aryl methyl sites for hydroxylation is 1. The molecule has 0 bridgehead atoms. The number of hydrogen-bond acceptors (Lipinski definition) is 5. The summed E-state index contributed by atoms with van der Waals surface area (Å²) in [6.07, 6.45) is 3.35. The zero-order valence-corrected chi connectivity index (χ0v) is 26.0. The molecular formula is C34H48O4S. The van der Waals surface area contributed by atoms with Gasteiger partial charge in [-0.2, -0.15) is 0 Å². The number of hydrogen-bond donors (Lipinski definition) is 1. The predicted octanol–water partition coefficient (Wildman–Crippen LogP) is 9.07. The molecule has 0 saturated heterocycles. The Morgan fingerprint density at radius 3 is 2.26 bits per heavy atom. The molecule has 0 spiro atoms. The van der Waals surface area contributed by atoms with Crippen LogP contribution in [0.15, 0.2) is 48.5 Å². The van der Waals surface area contributed by atoms with E-state index < -0.39 is 11.5 Å². The Labute approximate surface area is 239 Å². The van der Waals surface area contributed by atoms with Crippen LogP contribution >= 0.6 is 11.3 Å². The zero-order valence-electron chi connectivity index (χ0n) is 25.2. The van der Waals surface area contributed by atoms with Gasteiger partial charge in [-0.3, -0.25) is 4.79 Å². The van der Waals surface area contributed by atoms with Crippen molar-refractivity contribution in [1.82, 2.24) is 0 Å². The lowest BCUT2D eigenvalue weighted by Crippen LogP contribution is -2.44. The van der Waals surface area contributed by atoms with E-state index >= 15 is 0 Å². The topological polar surface area (TPSA) is 55.8 Å². The average molecular weight is 553 g/mol. The molecule has 0 saturated carbocycles. The lowest BCUT2D eigenvalue weighted by molar-refractivity contribution is -0.165. The fourth-order valence-electron chi connectivity index (χ4n) is 4.93. The predicted molar refractivity (Wildman–Crippen MR) is 165 cm³/mol. The van der Waals surface area contributed by atoms with E-state index in [1.54, 1.807) is 11.3 Å². The van der Waals surface area contributed by atoms with Gasteiger partial charge < -0.3 is 14.6 Å². The van der Waals surface area contributed by atoms with Gasteiger partial charge in [0.1, 0.15) is 12.4 Å². The van der Waals surface area contributed by atoms with Gasteiger partial charge in [-0.05, 0) is 90.6 Å². The Bertz CT molecular complexity index is 1210. The largest absolute Gasteiger partial charge is 0.491 e. The first-order valence-electron chi connectivity index (χ1n) is 14.3.